The molecule has 3 N–H and O–H groups in total. The minimum atomic E-state index is 0.556. The molecule has 3 nitrogen and oxygen atoms in total. The number of nitrogens with one attached hydrogen (secondary N) is 1. The summed E-state index contributed by atoms with van der Waals surface area (Å²) in [4.78, 5) is 7.07. The lowest BCUT2D eigenvalue weighted by Crippen LogP contribution is -1.92. The molecule has 0 radical (unpaired) electrons. The maximum absolute atomic E-state index is 5.68. The van der Waals surface area contributed by atoms with Crippen molar-refractivity contribution in [3.05, 3.63) is 36.7 Å². The lowest BCUT2D eigenvalue weighted by molar-refractivity contribution is 1.31. The molecule has 0 aliphatic carbocycles. The molecule has 0 amide bonds. The second kappa shape index (κ2) is 2.70. The van der Waals surface area contributed by atoms with Gasteiger partial charge in [0.05, 0.1) is 0 Å². The molecule has 2 aromatic heterocycles. The number of nitrogens with zero attached hydrogens (tertiary/aromatic N) is 1. The predicted octanol–water partition coefficient (Wildman–Crippen LogP) is 1.66. The average molecular weight is 159 g/mol. The van der Waals surface area contributed by atoms with Crippen LogP contribution in [-0.4, -0.2) is 9.97 Å². The summed E-state index contributed by atoms with van der Waals surface area (Å²) >= 11 is 0. The second-order valence-corrected chi connectivity index (χ2v) is 2.52. The predicted molar refractivity (Wildman–Crippen MR) is 48.4 cm³/mol. The molecule has 2 rings (SSSR count). The molecule has 0 aliphatic rings. The van der Waals surface area contributed by atoms with Crippen LogP contribution in [0.15, 0.2) is 36.7 Å². The molecule has 3 heteroatoms. The molecule has 0 saturated heterocycles. The van der Waals surface area contributed by atoms with E-state index in [0.29, 0.717) is 5.82 Å². The Labute approximate surface area is 70.3 Å². The zero-order valence-corrected chi connectivity index (χ0v) is 6.49. The first-order chi connectivity index (χ1) is 5.88. The Balaban J connectivity index is 2.55. The fourth-order valence-corrected chi connectivity index (χ4v) is 1.14. The van der Waals surface area contributed by atoms with Crippen LogP contribution in [0.3, 0.4) is 0 Å². The summed E-state index contributed by atoms with van der Waals surface area (Å²) in [6.07, 6.45) is 3.55. The van der Waals surface area contributed by atoms with E-state index < -0.39 is 0 Å². The highest BCUT2D eigenvalue weighted by molar-refractivity contribution is 5.70. The Morgan fingerprint density at radius 1 is 1.25 bits per heavy atom. The number of aromatic amines is 1. The van der Waals surface area contributed by atoms with E-state index in [1.165, 1.54) is 0 Å². The van der Waals surface area contributed by atoms with Crippen molar-refractivity contribution >= 4 is 5.82 Å². The number of hydrogen-bond acceptors (Lipinski definition) is 2. The smallest absolute Gasteiger partial charge is 0.132 e. The summed E-state index contributed by atoms with van der Waals surface area (Å²) in [5, 5.41) is 0. The van der Waals surface area contributed by atoms with E-state index in [-0.39, 0.29) is 0 Å². The fraction of sp³-hybridized carbons (Fsp3) is 0. The van der Waals surface area contributed by atoms with Gasteiger partial charge in [-0.2, -0.15) is 0 Å². The Bertz CT molecular complexity index is 365. The number of hydrogen-bond donors (Lipinski definition) is 2. The van der Waals surface area contributed by atoms with E-state index in [0.717, 1.165) is 11.3 Å². The van der Waals surface area contributed by atoms with Gasteiger partial charge in [-0.1, -0.05) is 0 Å². The largest absolute Gasteiger partial charge is 0.383 e. The number of pyridine rings is 1. The van der Waals surface area contributed by atoms with Gasteiger partial charge >= 0.3 is 0 Å². The third-order valence-corrected chi connectivity index (χ3v) is 1.73. The van der Waals surface area contributed by atoms with Crippen molar-refractivity contribution in [2.45, 2.75) is 0 Å². The maximum Gasteiger partial charge on any atom is 0.132 e. The monoisotopic (exact) mass is 159 g/mol. The van der Waals surface area contributed by atoms with Crippen LogP contribution >= 0.6 is 0 Å². The van der Waals surface area contributed by atoms with Crippen LogP contribution in [0.1, 0.15) is 0 Å². The van der Waals surface area contributed by atoms with Crippen LogP contribution in [0, 0.1) is 0 Å². The molecule has 2 aromatic rings. The van der Waals surface area contributed by atoms with Crippen molar-refractivity contribution < 1.29 is 0 Å². The van der Waals surface area contributed by atoms with Crippen LogP contribution < -0.4 is 5.73 Å². The summed E-state index contributed by atoms with van der Waals surface area (Å²) < 4.78 is 0. The number of H-pyrrole nitrogens is 1. The molecule has 0 fully saturated rings. The molecule has 0 bridgehead atoms. The Morgan fingerprint density at radius 2 is 2.17 bits per heavy atom. The van der Waals surface area contributed by atoms with Crippen molar-refractivity contribution in [3.8, 4) is 11.3 Å². The van der Waals surface area contributed by atoms with Gasteiger partial charge in [0.15, 0.2) is 0 Å². The van der Waals surface area contributed by atoms with Crippen LogP contribution in [0.25, 0.3) is 11.3 Å². The molecular weight excluding hydrogens is 150 g/mol. The first kappa shape index (κ1) is 6.91. The molecule has 60 valence electrons. The highest BCUT2D eigenvalue weighted by atomic mass is 14.8. The fourth-order valence-electron chi connectivity index (χ4n) is 1.14. The van der Waals surface area contributed by atoms with E-state index in [2.05, 4.69) is 9.97 Å². The number of nitrogens with two attached hydrogens (primary N) is 1. The van der Waals surface area contributed by atoms with Gasteiger partial charge in [-0.25, -0.2) is 4.98 Å². The van der Waals surface area contributed by atoms with Crippen LogP contribution in [0.4, 0.5) is 5.82 Å². The van der Waals surface area contributed by atoms with Gasteiger partial charge in [0, 0.05) is 23.7 Å². The summed E-state index contributed by atoms with van der Waals surface area (Å²) in [5.74, 6) is 0.556. The molecule has 0 saturated carbocycles. The van der Waals surface area contributed by atoms with Gasteiger partial charge in [-0.05, 0) is 24.3 Å². The minimum absolute atomic E-state index is 0.556. The van der Waals surface area contributed by atoms with Gasteiger partial charge in [-0.15, -0.1) is 0 Å². The zero-order valence-electron chi connectivity index (χ0n) is 6.49. The highest BCUT2D eigenvalue weighted by Crippen LogP contribution is 2.20. The third kappa shape index (κ3) is 1.05. The van der Waals surface area contributed by atoms with Crippen molar-refractivity contribution in [2.75, 3.05) is 5.73 Å². The quantitative estimate of drug-likeness (QED) is 0.664. The number of nitrogen functional groups attached to an aromatic ring is 1. The number of anilines is 1. The van der Waals surface area contributed by atoms with E-state index in [1.54, 1.807) is 6.20 Å². The Hall–Kier alpha value is -1.77. The summed E-state index contributed by atoms with van der Waals surface area (Å²) in [6, 6.07) is 7.70. The molecule has 0 aliphatic heterocycles. The summed E-state index contributed by atoms with van der Waals surface area (Å²) in [5.41, 5.74) is 7.63. The van der Waals surface area contributed by atoms with Crippen LogP contribution in [-0.2, 0) is 0 Å². The van der Waals surface area contributed by atoms with E-state index in [4.69, 9.17) is 5.73 Å². The topological polar surface area (TPSA) is 54.7 Å². The number of aromatic nitrogens is 2. The lowest BCUT2D eigenvalue weighted by atomic mass is 10.2. The molecule has 0 unspecified atom stereocenters. The van der Waals surface area contributed by atoms with Gasteiger partial charge in [-0.3, -0.25) is 0 Å². The maximum atomic E-state index is 5.68. The van der Waals surface area contributed by atoms with E-state index >= 15 is 0 Å². The molecule has 0 spiro atoms. The van der Waals surface area contributed by atoms with E-state index in [1.807, 2.05) is 30.5 Å². The van der Waals surface area contributed by atoms with Crippen LogP contribution in [0.2, 0.25) is 0 Å². The van der Waals surface area contributed by atoms with Gasteiger partial charge in [0.25, 0.3) is 0 Å². The number of rotatable bonds is 1. The molecule has 0 aromatic carbocycles. The minimum Gasteiger partial charge on any atom is -0.383 e. The normalized spacial score (nSPS) is 10.0. The second-order valence-electron chi connectivity index (χ2n) is 2.52. The first-order valence-electron chi connectivity index (χ1n) is 3.72. The SMILES string of the molecule is Nc1ncccc1-c1ccc[nH]1. The van der Waals surface area contributed by atoms with Gasteiger partial charge < -0.3 is 10.7 Å². The molecule has 12 heavy (non-hydrogen) atoms. The summed E-state index contributed by atoms with van der Waals surface area (Å²) in [6.45, 7) is 0. The summed E-state index contributed by atoms with van der Waals surface area (Å²) in [7, 11) is 0. The average Bonchev–Trinajstić information content (AvgIpc) is 2.57. The highest BCUT2D eigenvalue weighted by Gasteiger charge is 2.01. The van der Waals surface area contributed by atoms with E-state index in [9.17, 15) is 0 Å². The van der Waals surface area contributed by atoms with Gasteiger partial charge in [0.2, 0.25) is 0 Å². The van der Waals surface area contributed by atoms with Crippen molar-refractivity contribution in [1.82, 2.24) is 9.97 Å². The lowest BCUT2D eigenvalue weighted by Gasteiger charge is -1.99. The Kier molecular flexibility index (Phi) is 1.55. The third-order valence-electron chi connectivity index (χ3n) is 1.73. The first-order valence-corrected chi connectivity index (χ1v) is 3.72. The van der Waals surface area contributed by atoms with Crippen molar-refractivity contribution in [3.63, 3.8) is 0 Å². The van der Waals surface area contributed by atoms with Crippen LogP contribution in [0.5, 0.6) is 0 Å². The van der Waals surface area contributed by atoms with Crippen molar-refractivity contribution in [1.29, 1.82) is 0 Å². The zero-order chi connectivity index (χ0) is 8.39. The molecule has 0 atom stereocenters. The Morgan fingerprint density at radius 3 is 2.83 bits per heavy atom. The molecular formula is C9H9N3. The standard InChI is InChI=1S/C9H9N3/c10-9-7(3-1-6-12-9)8-4-2-5-11-8/h1-6,11H,(H2,10,12). The molecule has 2 heterocycles. The van der Waals surface area contributed by atoms with Gasteiger partial charge in [0.1, 0.15) is 5.82 Å². The van der Waals surface area contributed by atoms with Crippen molar-refractivity contribution in [2.24, 2.45) is 0 Å².